The lowest BCUT2D eigenvalue weighted by molar-refractivity contribution is 0.297. The molecule has 0 radical (unpaired) electrons. The molecule has 1 aromatic carbocycles. The zero-order chi connectivity index (χ0) is 21.1. The highest BCUT2D eigenvalue weighted by Gasteiger charge is 2.40. The average Bonchev–Trinajstić information content (AvgIpc) is 3.37. The van der Waals surface area contributed by atoms with Crippen molar-refractivity contribution in [1.82, 2.24) is 0 Å². The molecule has 28 heavy (non-hydrogen) atoms. The number of hydrogen-bond donors (Lipinski definition) is 0. The van der Waals surface area contributed by atoms with Crippen molar-refractivity contribution in [1.29, 1.82) is 0 Å². The van der Waals surface area contributed by atoms with Gasteiger partial charge in [0.05, 0.1) is 6.61 Å². The smallest absolute Gasteiger partial charge is 0.126 e. The fourth-order valence-corrected chi connectivity index (χ4v) is 3.55. The predicted octanol–water partition coefficient (Wildman–Crippen LogP) is 8.09. The van der Waals surface area contributed by atoms with Crippen LogP contribution in [0, 0.1) is 5.92 Å². The molecule has 0 heterocycles. The van der Waals surface area contributed by atoms with Crippen LogP contribution in [0.2, 0.25) is 0 Å². The summed E-state index contributed by atoms with van der Waals surface area (Å²) in [5.74, 6) is 2.38. The SMILES string of the molecule is C/C=C(C)/C=C/C1CC1c1cc(C(C)(C)C)cc(C(C)(C)C)c1OCCCC. The lowest BCUT2D eigenvalue weighted by atomic mass is 9.78. The van der Waals surface area contributed by atoms with Gasteiger partial charge in [0.25, 0.3) is 0 Å². The number of rotatable bonds is 7. The van der Waals surface area contributed by atoms with Gasteiger partial charge in [-0.05, 0) is 60.5 Å². The number of hydrogen-bond acceptors (Lipinski definition) is 1. The Balaban J connectivity index is 2.50. The van der Waals surface area contributed by atoms with Crippen molar-refractivity contribution in [3.8, 4) is 5.75 Å². The number of benzene rings is 1. The van der Waals surface area contributed by atoms with E-state index in [1.165, 1.54) is 28.7 Å². The van der Waals surface area contributed by atoms with Gasteiger partial charge in [-0.1, -0.05) is 90.8 Å². The summed E-state index contributed by atoms with van der Waals surface area (Å²) in [5.41, 5.74) is 5.77. The minimum Gasteiger partial charge on any atom is -0.493 e. The van der Waals surface area contributed by atoms with Gasteiger partial charge in [0.1, 0.15) is 5.75 Å². The second kappa shape index (κ2) is 8.89. The zero-order valence-corrected chi connectivity index (χ0v) is 19.8. The first kappa shape index (κ1) is 22.8. The number of unbranched alkanes of at least 4 members (excludes halogenated alkanes) is 1. The lowest BCUT2D eigenvalue weighted by Crippen LogP contribution is -2.19. The van der Waals surface area contributed by atoms with Crippen LogP contribution in [0.4, 0.5) is 0 Å². The molecule has 2 rings (SSSR count). The first-order valence-corrected chi connectivity index (χ1v) is 11.1. The van der Waals surface area contributed by atoms with E-state index in [4.69, 9.17) is 4.74 Å². The van der Waals surface area contributed by atoms with E-state index in [0.29, 0.717) is 11.8 Å². The highest BCUT2D eigenvalue weighted by Crippen LogP contribution is 2.54. The summed E-state index contributed by atoms with van der Waals surface area (Å²) >= 11 is 0. The summed E-state index contributed by atoms with van der Waals surface area (Å²) in [4.78, 5) is 0. The maximum absolute atomic E-state index is 6.46. The van der Waals surface area contributed by atoms with Crippen LogP contribution in [0.5, 0.6) is 5.75 Å². The first-order chi connectivity index (χ1) is 13.0. The molecule has 0 N–H and O–H groups in total. The molecular formula is C27H42O. The molecule has 1 fully saturated rings. The van der Waals surface area contributed by atoms with Crippen molar-refractivity contribution in [2.24, 2.45) is 5.92 Å². The molecule has 156 valence electrons. The molecule has 0 aromatic heterocycles. The molecular weight excluding hydrogens is 340 g/mol. The summed E-state index contributed by atoms with van der Waals surface area (Å²) in [6.45, 7) is 21.2. The van der Waals surface area contributed by atoms with Crippen molar-refractivity contribution in [3.05, 3.63) is 52.6 Å². The van der Waals surface area contributed by atoms with Crippen LogP contribution in [0.3, 0.4) is 0 Å². The Kier molecular flexibility index (Phi) is 7.23. The largest absolute Gasteiger partial charge is 0.493 e. The molecule has 1 aliphatic carbocycles. The first-order valence-electron chi connectivity index (χ1n) is 11.1. The van der Waals surface area contributed by atoms with E-state index < -0.39 is 0 Å². The molecule has 1 aliphatic rings. The zero-order valence-electron chi connectivity index (χ0n) is 19.8. The van der Waals surface area contributed by atoms with Gasteiger partial charge in [-0.25, -0.2) is 0 Å². The van der Waals surface area contributed by atoms with Crippen LogP contribution in [0.15, 0.2) is 35.9 Å². The Morgan fingerprint density at radius 1 is 1.11 bits per heavy atom. The van der Waals surface area contributed by atoms with Gasteiger partial charge in [0.15, 0.2) is 0 Å². The van der Waals surface area contributed by atoms with E-state index in [0.717, 1.165) is 25.2 Å². The lowest BCUT2D eigenvalue weighted by Gasteiger charge is -2.29. The fourth-order valence-electron chi connectivity index (χ4n) is 3.55. The average molecular weight is 383 g/mol. The van der Waals surface area contributed by atoms with Crippen LogP contribution >= 0.6 is 0 Å². The van der Waals surface area contributed by atoms with Crippen LogP contribution in [0.25, 0.3) is 0 Å². The fraction of sp³-hybridized carbons (Fsp3) is 0.630. The second-order valence-electron chi connectivity index (χ2n) is 10.5. The third kappa shape index (κ3) is 5.75. The Hall–Kier alpha value is -1.50. The maximum atomic E-state index is 6.46. The van der Waals surface area contributed by atoms with E-state index in [2.05, 4.69) is 92.7 Å². The Morgan fingerprint density at radius 3 is 2.32 bits per heavy atom. The maximum Gasteiger partial charge on any atom is 0.126 e. The minimum atomic E-state index is 0.0688. The van der Waals surface area contributed by atoms with Crippen molar-refractivity contribution in [2.45, 2.75) is 98.3 Å². The summed E-state index contributed by atoms with van der Waals surface area (Å²) in [6, 6.07) is 4.85. The van der Waals surface area contributed by atoms with E-state index in [9.17, 15) is 0 Å². The van der Waals surface area contributed by atoms with Gasteiger partial charge >= 0.3 is 0 Å². The van der Waals surface area contributed by atoms with Gasteiger partial charge in [-0.15, -0.1) is 0 Å². The molecule has 2 unspecified atom stereocenters. The molecule has 0 spiro atoms. The third-order valence-electron chi connectivity index (χ3n) is 5.84. The highest BCUT2D eigenvalue weighted by molar-refractivity contribution is 5.53. The Morgan fingerprint density at radius 2 is 1.79 bits per heavy atom. The Bertz CT molecular complexity index is 722. The Labute approximate surface area is 174 Å². The van der Waals surface area contributed by atoms with E-state index in [-0.39, 0.29) is 10.8 Å². The minimum absolute atomic E-state index is 0.0688. The molecule has 0 amide bonds. The quantitative estimate of drug-likeness (QED) is 0.342. The normalized spacial score (nSPS) is 20.7. The van der Waals surface area contributed by atoms with Crippen LogP contribution in [-0.4, -0.2) is 6.61 Å². The van der Waals surface area contributed by atoms with E-state index in [1.54, 1.807) is 0 Å². The van der Waals surface area contributed by atoms with Crippen molar-refractivity contribution >= 4 is 0 Å². The van der Waals surface area contributed by atoms with Gasteiger partial charge in [-0.2, -0.15) is 0 Å². The van der Waals surface area contributed by atoms with Crippen LogP contribution in [-0.2, 0) is 10.8 Å². The standard InChI is InChI=1S/C27H42O/c1-10-12-15-28-25-23(22-16-20(22)14-13-19(3)11-2)17-21(26(4,5)6)18-24(25)27(7,8)9/h11,13-14,17-18,20,22H,10,12,15-16H2,1-9H3/b14-13+,19-11+. The van der Waals surface area contributed by atoms with Gasteiger partial charge < -0.3 is 4.74 Å². The molecule has 0 saturated heterocycles. The predicted molar refractivity (Wildman–Crippen MR) is 124 cm³/mol. The highest BCUT2D eigenvalue weighted by atomic mass is 16.5. The summed E-state index contributed by atoms with van der Waals surface area (Å²) < 4.78 is 6.46. The summed E-state index contributed by atoms with van der Waals surface area (Å²) in [6.07, 6.45) is 10.4. The van der Waals surface area contributed by atoms with Gasteiger partial charge in [0, 0.05) is 5.56 Å². The molecule has 1 nitrogen and oxygen atoms in total. The molecule has 1 aromatic rings. The van der Waals surface area contributed by atoms with Gasteiger partial charge in [-0.3, -0.25) is 0 Å². The summed E-state index contributed by atoms with van der Waals surface area (Å²) in [5, 5.41) is 0. The number of allylic oxidation sites excluding steroid dienone is 4. The second-order valence-corrected chi connectivity index (χ2v) is 10.5. The number of ether oxygens (including phenoxy) is 1. The molecule has 0 aliphatic heterocycles. The van der Waals surface area contributed by atoms with Crippen molar-refractivity contribution in [3.63, 3.8) is 0 Å². The van der Waals surface area contributed by atoms with Crippen LogP contribution < -0.4 is 4.74 Å². The molecule has 1 heteroatoms. The molecule has 0 bridgehead atoms. The van der Waals surface area contributed by atoms with Crippen molar-refractivity contribution < 1.29 is 4.74 Å². The third-order valence-corrected chi connectivity index (χ3v) is 5.84. The van der Waals surface area contributed by atoms with E-state index in [1.807, 2.05) is 0 Å². The van der Waals surface area contributed by atoms with Crippen LogP contribution in [0.1, 0.15) is 104 Å². The van der Waals surface area contributed by atoms with Gasteiger partial charge in [0.2, 0.25) is 0 Å². The summed E-state index contributed by atoms with van der Waals surface area (Å²) in [7, 11) is 0. The monoisotopic (exact) mass is 382 g/mol. The molecule has 2 atom stereocenters. The van der Waals surface area contributed by atoms with Crippen molar-refractivity contribution in [2.75, 3.05) is 6.61 Å². The van der Waals surface area contributed by atoms with E-state index >= 15 is 0 Å². The molecule has 1 saturated carbocycles. The topological polar surface area (TPSA) is 9.23 Å².